The highest BCUT2D eigenvalue weighted by Crippen LogP contribution is 2.27. The topological polar surface area (TPSA) is 66.4 Å². The van der Waals surface area contributed by atoms with E-state index in [4.69, 9.17) is 0 Å². The lowest BCUT2D eigenvalue weighted by Crippen LogP contribution is -2.31. The van der Waals surface area contributed by atoms with Gasteiger partial charge < -0.3 is 9.80 Å². The number of fused-ring (bicyclic) bond motifs is 1. The van der Waals surface area contributed by atoms with Crippen LogP contribution >= 0.6 is 0 Å². The lowest BCUT2D eigenvalue weighted by atomic mass is 10.2. The molecule has 1 aromatic heterocycles. The molecule has 1 saturated heterocycles. The van der Waals surface area contributed by atoms with Crippen molar-refractivity contribution in [3.63, 3.8) is 0 Å². The van der Waals surface area contributed by atoms with Crippen LogP contribution in [0.15, 0.2) is 59.8 Å². The van der Waals surface area contributed by atoms with Crippen LogP contribution in [-0.4, -0.2) is 50.8 Å². The number of nitrogens with zero attached hydrogens (tertiary/aromatic N) is 4. The third-order valence-electron chi connectivity index (χ3n) is 4.93. The second kappa shape index (κ2) is 7.15. The maximum atomic E-state index is 12.0. The molecule has 4 rings (SSSR count). The first-order chi connectivity index (χ1) is 13.0. The summed E-state index contributed by atoms with van der Waals surface area (Å²) >= 11 is 0. The Labute approximate surface area is 159 Å². The zero-order valence-electron chi connectivity index (χ0n) is 15.2. The molecule has 1 fully saturated rings. The summed E-state index contributed by atoms with van der Waals surface area (Å²) in [6, 6.07) is 15.5. The summed E-state index contributed by atoms with van der Waals surface area (Å²) in [5.41, 5.74) is 1.99. The first-order valence-corrected chi connectivity index (χ1v) is 10.9. The molecule has 0 N–H and O–H groups in total. The zero-order chi connectivity index (χ0) is 18.9. The Morgan fingerprint density at radius 3 is 2.41 bits per heavy atom. The molecule has 0 amide bonds. The normalized spacial score (nSPS) is 15.7. The summed E-state index contributed by atoms with van der Waals surface area (Å²) in [6.45, 7) is 3.57. The zero-order valence-corrected chi connectivity index (χ0v) is 16.1. The SMILES string of the molecule is CS(=O)(=O)c1ccc2ncnc(N3CCCN(c4ccccc4)CC3)c2c1. The van der Waals surface area contributed by atoms with Gasteiger partial charge in [-0.05, 0) is 36.8 Å². The first-order valence-electron chi connectivity index (χ1n) is 9.02. The molecule has 0 spiro atoms. The van der Waals surface area contributed by atoms with Crippen molar-refractivity contribution in [3.05, 3.63) is 54.9 Å². The van der Waals surface area contributed by atoms with Gasteiger partial charge in [-0.15, -0.1) is 0 Å². The molecular weight excluding hydrogens is 360 g/mol. The van der Waals surface area contributed by atoms with E-state index < -0.39 is 9.84 Å². The number of hydrogen-bond acceptors (Lipinski definition) is 6. The molecule has 0 saturated carbocycles. The fourth-order valence-electron chi connectivity index (χ4n) is 3.53. The molecule has 6 nitrogen and oxygen atoms in total. The molecule has 0 radical (unpaired) electrons. The Morgan fingerprint density at radius 1 is 0.889 bits per heavy atom. The van der Waals surface area contributed by atoms with Gasteiger partial charge in [0, 0.05) is 43.5 Å². The largest absolute Gasteiger partial charge is 0.370 e. The van der Waals surface area contributed by atoms with Gasteiger partial charge >= 0.3 is 0 Å². The third kappa shape index (κ3) is 3.73. The molecule has 0 aliphatic carbocycles. The number of aromatic nitrogens is 2. The fourth-order valence-corrected chi connectivity index (χ4v) is 4.18. The quantitative estimate of drug-likeness (QED) is 0.694. The van der Waals surface area contributed by atoms with Gasteiger partial charge in [0.05, 0.1) is 10.4 Å². The molecule has 0 bridgehead atoms. The van der Waals surface area contributed by atoms with Gasteiger partial charge in [-0.1, -0.05) is 18.2 Å². The van der Waals surface area contributed by atoms with E-state index in [-0.39, 0.29) is 0 Å². The van der Waals surface area contributed by atoms with Crippen LogP contribution in [-0.2, 0) is 9.84 Å². The fraction of sp³-hybridized carbons (Fsp3) is 0.300. The Morgan fingerprint density at radius 2 is 1.63 bits per heavy atom. The van der Waals surface area contributed by atoms with Crippen LogP contribution in [0.1, 0.15) is 6.42 Å². The van der Waals surface area contributed by atoms with Gasteiger partial charge in [-0.3, -0.25) is 0 Å². The van der Waals surface area contributed by atoms with Crippen molar-refractivity contribution in [1.29, 1.82) is 0 Å². The van der Waals surface area contributed by atoms with E-state index in [1.165, 1.54) is 11.9 Å². The third-order valence-corrected chi connectivity index (χ3v) is 6.04. The van der Waals surface area contributed by atoms with Crippen LogP contribution in [0.2, 0.25) is 0 Å². The van der Waals surface area contributed by atoms with Crippen LogP contribution in [0.5, 0.6) is 0 Å². The van der Waals surface area contributed by atoms with Crippen molar-refractivity contribution >= 4 is 32.2 Å². The Hall–Kier alpha value is -2.67. The molecule has 1 aliphatic rings. The Kier molecular flexibility index (Phi) is 4.70. The predicted molar refractivity (Wildman–Crippen MR) is 108 cm³/mol. The van der Waals surface area contributed by atoms with Gasteiger partial charge in [0.1, 0.15) is 12.1 Å². The van der Waals surface area contributed by atoms with Crippen molar-refractivity contribution in [1.82, 2.24) is 9.97 Å². The van der Waals surface area contributed by atoms with Gasteiger partial charge in [0.2, 0.25) is 0 Å². The van der Waals surface area contributed by atoms with Crippen LogP contribution in [0, 0.1) is 0 Å². The molecule has 27 heavy (non-hydrogen) atoms. The predicted octanol–water partition coefficient (Wildman–Crippen LogP) is 2.75. The lowest BCUT2D eigenvalue weighted by molar-refractivity contribution is 0.602. The number of para-hydroxylation sites is 1. The second-order valence-electron chi connectivity index (χ2n) is 6.81. The van der Waals surface area contributed by atoms with E-state index in [1.54, 1.807) is 24.5 Å². The number of benzene rings is 2. The van der Waals surface area contributed by atoms with Crippen molar-refractivity contribution in [2.75, 3.05) is 42.2 Å². The average Bonchev–Trinajstić information content (AvgIpc) is 2.93. The average molecular weight is 382 g/mol. The van der Waals surface area contributed by atoms with Crippen molar-refractivity contribution in [2.24, 2.45) is 0 Å². The van der Waals surface area contributed by atoms with Gasteiger partial charge in [0.15, 0.2) is 9.84 Å². The van der Waals surface area contributed by atoms with Crippen LogP contribution < -0.4 is 9.80 Å². The summed E-state index contributed by atoms with van der Waals surface area (Å²) in [7, 11) is -3.28. The van der Waals surface area contributed by atoms with E-state index in [2.05, 4.69) is 44.0 Å². The number of anilines is 2. The number of hydrogen-bond donors (Lipinski definition) is 0. The molecule has 0 atom stereocenters. The van der Waals surface area contributed by atoms with Gasteiger partial charge in [0.25, 0.3) is 0 Å². The lowest BCUT2D eigenvalue weighted by Gasteiger charge is -2.24. The van der Waals surface area contributed by atoms with Gasteiger partial charge in [-0.25, -0.2) is 18.4 Å². The van der Waals surface area contributed by atoms with Crippen molar-refractivity contribution < 1.29 is 8.42 Å². The van der Waals surface area contributed by atoms with E-state index in [0.717, 1.165) is 49.3 Å². The highest BCUT2D eigenvalue weighted by Gasteiger charge is 2.19. The molecule has 140 valence electrons. The minimum absolute atomic E-state index is 0.298. The van der Waals surface area contributed by atoms with Crippen molar-refractivity contribution in [3.8, 4) is 0 Å². The number of rotatable bonds is 3. The molecule has 0 unspecified atom stereocenters. The number of sulfone groups is 1. The standard InChI is InChI=1S/C20H22N4O2S/c1-27(25,26)17-8-9-19-18(14-17)20(22-15-21-19)24-11-5-10-23(12-13-24)16-6-3-2-4-7-16/h2-4,6-9,14-15H,5,10-13H2,1H3. The van der Waals surface area contributed by atoms with Crippen LogP contribution in [0.3, 0.4) is 0 Å². The molecular formula is C20H22N4O2S. The maximum Gasteiger partial charge on any atom is 0.175 e. The monoisotopic (exact) mass is 382 g/mol. The van der Waals surface area contributed by atoms with Crippen molar-refractivity contribution in [2.45, 2.75) is 11.3 Å². The minimum atomic E-state index is -3.28. The maximum absolute atomic E-state index is 12.0. The molecule has 1 aliphatic heterocycles. The minimum Gasteiger partial charge on any atom is -0.370 e. The summed E-state index contributed by atoms with van der Waals surface area (Å²) in [6.07, 6.45) is 3.78. The first kappa shape index (κ1) is 17.7. The summed E-state index contributed by atoms with van der Waals surface area (Å²) in [4.78, 5) is 13.7. The van der Waals surface area contributed by atoms with E-state index in [0.29, 0.717) is 4.90 Å². The summed E-state index contributed by atoms with van der Waals surface area (Å²) in [5.74, 6) is 0.806. The van der Waals surface area contributed by atoms with Crippen LogP contribution in [0.4, 0.5) is 11.5 Å². The van der Waals surface area contributed by atoms with Gasteiger partial charge in [-0.2, -0.15) is 0 Å². The molecule has 2 aromatic carbocycles. The Bertz CT molecular complexity index is 1050. The molecule has 7 heteroatoms. The smallest absolute Gasteiger partial charge is 0.175 e. The molecule has 3 aromatic rings. The second-order valence-corrected chi connectivity index (χ2v) is 8.83. The van der Waals surface area contributed by atoms with Crippen LogP contribution in [0.25, 0.3) is 10.9 Å². The highest BCUT2D eigenvalue weighted by molar-refractivity contribution is 7.90. The Balaban J connectivity index is 1.66. The summed E-state index contributed by atoms with van der Waals surface area (Å²) < 4.78 is 23.9. The van der Waals surface area contributed by atoms with E-state index in [9.17, 15) is 8.42 Å². The highest BCUT2D eigenvalue weighted by atomic mass is 32.2. The molecule has 2 heterocycles. The van der Waals surface area contributed by atoms with E-state index >= 15 is 0 Å². The summed E-state index contributed by atoms with van der Waals surface area (Å²) in [5, 5.41) is 0.786. The van der Waals surface area contributed by atoms with E-state index in [1.807, 2.05) is 6.07 Å².